The number of aryl methyl sites for hydroxylation is 1. The van der Waals surface area contributed by atoms with Crippen molar-refractivity contribution in [3.8, 4) is 0 Å². The van der Waals surface area contributed by atoms with Crippen LogP contribution in [0.4, 0.5) is 5.13 Å². The van der Waals surface area contributed by atoms with E-state index in [1.807, 2.05) is 4.90 Å². The Hall–Kier alpha value is -1.43. The highest BCUT2D eigenvalue weighted by atomic mass is 32.1. The van der Waals surface area contributed by atoms with Gasteiger partial charge in [0.2, 0.25) is 5.91 Å². The maximum atomic E-state index is 11.8. The van der Waals surface area contributed by atoms with Gasteiger partial charge in [-0.25, -0.2) is 4.98 Å². The van der Waals surface area contributed by atoms with Crippen LogP contribution in [0.15, 0.2) is 0 Å². The van der Waals surface area contributed by atoms with Gasteiger partial charge in [0.05, 0.1) is 17.1 Å². The van der Waals surface area contributed by atoms with E-state index in [0.29, 0.717) is 13.0 Å². The number of hydrogen-bond donors (Lipinski definition) is 1. The molecule has 1 aliphatic carbocycles. The van der Waals surface area contributed by atoms with Crippen molar-refractivity contribution in [3.63, 3.8) is 0 Å². The average molecular weight is 265 g/mol. The van der Waals surface area contributed by atoms with E-state index in [2.05, 4.69) is 10.3 Å². The van der Waals surface area contributed by atoms with Gasteiger partial charge in [0.1, 0.15) is 0 Å². The van der Waals surface area contributed by atoms with Crippen molar-refractivity contribution >= 4 is 28.2 Å². The fraction of sp³-hybridized carbons (Fsp3) is 0.583. The van der Waals surface area contributed by atoms with Gasteiger partial charge in [-0.3, -0.25) is 9.59 Å². The summed E-state index contributed by atoms with van der Waals surface area (Å²) in [5.74, 6) is 0.242. The highest BCUT2D eigenvalue weighted by Crippen LogP contribution is 2.31. The first kappa shape index (κ1) is 11.6. The summed E-state index contributed by atoms with van der Waals surface area (Å²) in [6.07, 6.45) is 3.34. The van der Waals surface area contributed by atoms with Gasteiger partial charge in [-0.05, 0) is 19.3 Å². The maximum absolute atomic E-state index is 11.8. The lowest BCUT2D eigenvalue weighted by molar-refractivity contribution is -0.119. The maximum Gasteiger partial charge on any atom is 0.239 e. The van der Waals surface area contributed by atoms with Crippen molar-refractivity contribution in [3.05, 3.63) is 10.6 Å². The van der Waals surface area contributed by atoms with Crippen LogP contribution >= 0.6 is 11.3 Å². The Balaban J connectivity index is 1.87. The normalized spacial score (nSPS) is 20.3. The summed E-state index contributed by atoms with van der Waals surface area (Å²) in [5, 5.41) is 3.67. The van der Waals surface area contributed by atoms with Gasteiger partial charge in [0, 0.05) is 19.5 Å². The van der Waals surface area contributed by atoms with E-state index in [0.717, 1.165) is 48.1 Å². The number of fused-ring (bicyclic) bond motifs is 1. The zero-order valence-electron chi connectivity index (χ0n) is 10.1. The number of ketones is 1. The fourth-order valence-corrected chi connectivity index (χ4v) is 3.47. The summed E-state index contributed by atoms with van der Waals surface area (Å²) >= 11 is 1.45. The van der Waals surface area contributed by atoms with Crippen LogP contribution < -0.4 is 10.2 Å². The van der Waals surface area contributed by atoms with Crippen molar-refractivity contribution < 1.29 is 9.59 Å². The highest BCUT2D eigenvalue weighted by molar-refractivity contribution is 7.17. The van der Waals surface area contributed by atoms with Gasteiger partial charge in [-0.15, -0.1) is 0 Å². The van der Waals surface area contributed by atoms with Crippen LogP contribution in [0.5, 0.6) is 0 Å². The van der Waals surface area contributed by atoms with Crippen LogP contribution in [0, 0.1) is 0 Å². The summed E-state index contributed by atoms with van der Waals surface area (Å²) < 4.78 is 0. The molecule has 0 aromatic carbocycles. The molecule has 1 aromatic rings. The zero-order valence-corrected chi connectivity index (χ0v) is 10.9. The quantitative estimate of drug-likeness (QED) is 0.822. The van der Waals surface area contributed by atoms with E-state index in [1.54, 1.807) is 0 Å². The largest absolute Gasteiger partial charge is 0.354 e. The van der Waals surface area contributed by atoms with Crippen molar-refractivity contribution in [2.75, 3.05) is 24.5 Å². The minimum atomic E-state index is 0.0343. The lowest BCUT2D eigenvalue weighted by atomic mass is 10.0. The standard InChI is InChI=1S/C12H15N3O2S/c16-9-4-1-3-8-11(9)18-12(14-8)15-6-2-5-13-10(17)7-15/h1-7H2,(H,13,17). The highest BCUT2D eigenvalue weighted by Gasteiger charge is 2.25. The Kier molecular flexibility index (Phi) is 3.03. The van der Waals surface area contributed by atoms with Crippen molar-refractivity contribution in [1.82, 2.24) is 10.3 Å². The molecular formula is C12H15N3O2S. The summed E-state index contributed by atoms with van der Waals surface area (Å²) in [5.41, 5.74) is 0.927. The van der Waals surface area contributed by atoms with Gasteiger partial charge < -0.3 is 10.2 Å². The predicted molar refractivity (Wildman–Crippen MR) is 69.2 cm³/mol. The molecule has 1 saturated heterocycles. The smallest absolute Gasteiger partial charge is 0.239 e. The van der Waals surface area contributed by atoms with E-state index >= 15 is 0 Å². The number of aromatic nitrogens is 1. The van der Waals surface area contributed by atoms with E-state index in [4.69, 9.17) is 0 Å². The molecule has 6 heteroatoms. The molecule has 1 aliphatic heterocycles. The summed E-state index contributed by atoms with van der Waals surface area (Å²) in [4.78, 5) is 30.7. The molecule has 5 nitrogen and oxygen atoms in total. The van der Waals surface area contributed by atoms with E-state index in [1.165, 1.54) is 11.3 Å². The van der Waals surface area contributed by atoms with Gasteiger partial charge in [0.25, 0.3) is 0 Å². The summed E-state index contributed by atoms with van der Waals surface area (Å²) in [7, 11) is 0. The van der Waals surface area contributed by atoms with Gasteiger partial charge >= 0.3 is 0 Å². The number of thiazole rings is 1. The molecular weight excluding hydrogens is 250 g/mol. The second kappa shape index (κ2) is 4.68. The molecule has 1 fully saturated rings. The fourth-order valence-electron chi connectivity index (χ4n) is 2.36. The van der Waals surface area contributed by atoms with Crippen LogP contribution in [0.3, 0.4) is 0 Å². The number of hydrogen-bond acceptors (Lipinski definition) is 5. The van der Waals surface area contributed by atoms with E-state index in [-0.39, 0.29) is 11.7 Å². The number of carbonyl (C=O) groups is 2. The first-order valence-electron chi connectivity index (χ1n) is 6.28. The Morgan fingerprint density at radius 2 is 2.11 bits per heavy atom. The van der Waals surface area contributed by atoms with E-state index in [9.17, 15) is 9.59 Å². The molecule has 0 unspecified atom stereocenters. The third kappa shape index (κ3) is 2.12. The molecule has 1 aromatic heterocycles. The van der Waals surface area contributed by atoms with Crippen LogP contribution in [0.25, 0.3) is 0 Å². The minimum absolute atomic E-state index is 0.0343. The monoisotopic (exact) mass is 265 g/mol. The number of carbonyl (C=O) groups excluding carboxylic acids is 2. The molecule has 96 valence electrons. The second-order valence-electron chi connectivity index (χ2n) is 4.67. The summed E-state index contributed by atoms with van der Waals surface area (Å²) in [6.45, 7) is 1.89. The van der Waals surface area contributed by atoms with Crippen LogP contribution in [0.2, 0.25) is 0 Å². The third-order valence-electron chi connectivity index (χ3n) is 3.29. The van der Waals surface area contributed by atoms with Crippen LogP contribution in [-0.2, 0) is 11.2 Å². The Morgan fingerprint density at radius 3 is 2.94 bits per heavy atom. The second-order valence-corrected chi connectivity index (χ2v) is 5.65. The van der Waals surface area contributed by atoms with Crippen LogP contribution in [-0.4, -0.2) is 36.3 Å². The minimum Gasteiger partial charge on any atom is -0.354 e. The lowest BCUT2D eigenvalue weighted by Crippen LogP contribution is -2.32. The number of anilines is 1. The first-order valence-corrected chi connectivity index (χ1v) is 7.10. The number of nitrogens with one attached hydrogen (secondary N) is 1. The Bertz CT molecular complexity index is 498. The number of amides is 1. The Labute approximate surface area is 109 Å². The predicted octanol–water partition coefficient (Wildman–Crippen LogP) is 0.988. The van der Waals surface area contributed by atoms with Crippen LogP contribution in [0.1, 0.15) is 34.6 Å². The lowest BCUT2D eigenvalue weighted by Gasteiger charge is -2.16. The van der Waals surface area contributed by atoms with Crippen molar-refractivity contribution in [2.45, 2.75) is 25.7 Å². The molecule has 0 atom stereocenters. The van der Waals surface area contributed by atoms with Gasteiger partial charge in [-0.1, -0.05) is 11.3 Å². The molecule has 3 rings (SSSR count). The number of rotatable bonds is 1. The molecule has 0 spiro atoms. The Morgan fingerprint density at radius 1 is 1.22 bits per heavy atom. The first-order chi connectivity index (χ1) is 8.74. The van der Waals surface area contributed by atoms with Crippen molar-refractivity contribution in [2.24, 2.45) is 0 Å². The SMILES string of the molecule is O=C1CN(c2nc3c(s2)C(=O)CCC3)CCCN1. The zero-order chi connectivity index (χ0) is 12.5. The van der Waals surface area contributed by atoms with Crippen molar-refractivity contribution in [1.29, 1.82) is 0 Å². The molecule has 2 aliphatic rings. The number of nitrogens with zero attached hydrogens (tertiary/aromatic N) is 2. The average Bonchev–Trinajstić information content (AvgIpc) is 2.67. The van der Waals surface area contributed by atoms with Gasteiger partial charge in [-0.2, -0.15) is 0 Å². The molecule has 0 bridgehead atoms. The molecule has 0 radical (unpaired) electrons. The van der Waals surface area contributed by atoms with E-state index < -0.39 is 0 Å². The number of Topliss-reactive ketones (excluding diaryl/α,β-unsaturated/α-hetero) is 1. The topological polar surface area (TPSA) is 62.3 Å². The molecule has 1 N–H and O–H groups in total. The molecule has 18 heavy (non-hydrogen) atoms. The summed E-state index contributed by atoms with van der Waals surface area (Å²) in [6, 6.07) is 0. The molecule has 0 saturated carbocycles. The van der Waals surface area contributed by atoms with Gasteiger partial charge in [0.15, 0.2) is 10.9 Å². The third-order valence-corrected chi connectivity index (χ3v) is 4.49. The molecule has 1 amide bonds. The molecule has 2 heterocycles.